The fourth-order valence-electron chi connectivity index (χ4n) is 4.31. The van der Waals surface area contributed by atoms with Crippen LogP contribution in [-0.4, -0.2) is 49.2 Å². The lowest BCUT2D eigenvalue weighted by molar-refractivity contribution is 0.0346. The van der Waals surface area contributed by atoms with Gasteiger partial charge in [0.25, 0.3) is 0 Å². The highest BCUT2D eigenvalue weighted by molar-refractivity contribution is 6.74. The molecule has 3 rings (SSSR count). The Morgan fingerprint density at radius 2 is 1.84 bits per heavy atom. The summed E-state index contributed by atoms with van der Waals surface area (Å²) in [4.78, 5) is 37.7. The van der Waals surface area contributed by atoms with E-state index in [4.69, 9.17) is 13.9 Å². The minimum Gasteiger partial charge on any atom is -0.491 e. The summed E-state index contributed by atoms with van der Waals surface area (Å²) in [5.74, 6) is -1.56. The predicted molar refractivity (Wildman–Crippen MR) is 122 cm³/mol. The number of carbonyl (C=O) groups is 2. The molecule has 1 aromatic heterocycles. The van der Waals surface area contributed by atoms with Crippen LogP contribution in [-0.2, 0) is 9.16 Å². The van der Waals surface area contributed by atoms with Crippen LogP contribution in [0.15, 0.2) is 11.0 Å². The average molecular weight is 466 g/mol. The van der Waals surface area contributed by atoms with E-state index in [9.17, 15) is 19.5 Å². The molecule has 1 N–H and O–H groups in total. The molecule has 32 heavy (non-hydrogen) atoms. The van der Waals surface area contributed by atoms with Gasteiger partial charge in [0.1, 0.15) is 5.56 Å². The first kappa shape index (κ1) is 24.5. The molecule has 2 aliphatic carbocycles. The smallest absolute Gasteiger partial charge is 0.359 e. The third-order valence-corrected chi connectivity index (χ3v) is 11.6. The van der Waals surface area contributed by atoms with Crippen LogP contribution in [0.4, 0.5) is 0 Å². The number of hydrogen-bond acceptors (Lipinski definition) is 6. The van der Waals surface area contributed by atoms with Crippen LogP contribution in [0.25, 0.3) is 0 Å². The first-order valence-corrected chi connectivity index (χ1v) is 14.1. The first-order valence-electron chi connectivity index (χ1n) is 11.1. The maximum atomic E-state index is 13.0. The molecule has 0 spiro atoms. The molecule has 178 valence electrons. The second-order valence-corrected chi connectivity index (χ2v) is 15.5. The van der Waals surface area contributed by atoms with Crippen molar-refractivity contribution in [1.29, 1.82) is 0 Å². The number of rotatable bonds is 7. The van der Waals surface area contributed by atoms with Crippen LogP contribution in [0.1, 0.15) is 74.3 Å². The number of methoxy groups -OCH3 is 1. The standard InChI is InChI=1S/C23H35NO7Si/c1-12(2)30-22(28)17-20(29-6)18(25)15(21(26)27)11-24(17)16-10-13-9-14(13)19(16)31-32(7,8)23(3,4)5/h11-14,16,19H,9-10H2,1-8H3,(H,26,27)/t13-,14-,16-,19?/m0/s1. The van der Waals surface area contributed by atoms with Gasteiger partial charge in [-0.1, -0.05) is 20.8 Å². The molecule has 0 aliphatic heterocycles. The Morgan fingerprint density at radius 3 is 2.34 bits per heavy atom. The Morgan fingerprint density at radius 1 is 1.22 bits per heavy atom. The third kappa shape index (κ3) is 4.37. The summed E-state index contributed by atoms with van der Waals surface area (Å²) < 4.78 is 19.1. The number of aromatic nitrogens is 1. The Kier molecular flexibility index (Phi) is 6.38. The van der Waals surface area contributed by atoms with E-state index in [0.29, 0.717) is 11.8 Å². The van der Waals surface area contributed by atoms with Gasteiger partial charge in [0.15, 0.2) is 19.8 Å². The number of carbonyl (C=O) groups excluding carboxylic acids is 1. The van der Waals surface area contributed by atoms with Gasteiger partial charge in [0, 0.05) is 6.20 Å². The van der Waals surface area contributed by atoms with E-state index in [-0.39, 0.29) is 28.6 Å². The summed E-state index contributed by atoms with van der Waals surface area (Å²) in [6, 6.07) is -0.282. The lowest BCUT2D eigenvalue weighted by atomic mass is 10.1. The normalized spacial score (nSPS) is 24.9. The van der Waals surface area contributed by atoms with Crippen LogP contribution >= 0.6 is 0 Å². The summed E-state index contributed by atoms with van der Waals surface area (Å²) >= 11 is 0. The molecule has 0 bridgehead atoms. The Labute approximate surface area is 190 Å². The lowest BCUT2D eigenvalue weighted by Gasteiger charge is -2.41. The van der Waals surface area contributed by atoms with E-state index < -0.39 is 37.4 Å². The zero-order valence-corrected chi connectivity index (χ0v) is 21.2. The molecule has 0 saturated heterocycles. The van der Waals surface area contributed by atoms with Gasteiger partial charge in [-0.05, 0) is 56.7 Å². The Bertz CT molecular complexity index is 976. The maximum absolute atomic E-state index is 13.0. The van der Waals surface area contributed by atoms with E-state index in [1.165, 1.54) is 13.3 Å². The zero-order valence-electron chi connectivity index (χ0n) is 20.2. The highest BCUT2D eigenvalue weighted by Crippen LogP contribution is 2.59. The van der Waals surface area contributed by atoms with Crippen LogP contribution < -0.4 is 10.2 Å². The first-order chi connectivity index (χ1) is 14.7. The van der Waals surface area contributed by atoms with Crippen molar-refractivity contribution < 1.29 is 28.6 Å². The minimum absolute atomic E-state index is 0.00259. The molecule has 2 saturated carbocycles. The quantitative estimate of drug-likeness (QED) is 0.478. The number of esters is 1. The highest BCUT2D eigenvalue weighted by atomic mass is 28.4. The van der Waals surface area contributed by atoms with E-state index >= 15 is 0 Å². The van der Waals surface area contributed by atoms with E-state index in [0.717, 1.165) is 12.8 Å². The van der Waals surface area contributed by atoms with Crippen molar-refractivity contribution >= 4 is 20.3 Å². The second-order valence-electron chi connectivity index (χ2n) is 10.7. The average Bonchev–Trinajstić information content (AvgIpc) is 3.34. The van der Waals surface area contributed by atoms with Crippen molar-refractivity contribution in [3.63, 3.8) is 0 Å². The summed E-state index contributed by atoms with van der Waals surface area (Å²) in [5.41, 5.74) is -1.32. The number of ether oxygens (including phenoxy) is 2. The molecule has 0 amide bonds. The highest BCUT2D eigenvalue weighted by Gasteiger charge is 2.57. The van der Waals surface area contributed by atoms with Gasteiger partial charge in [-0.15, -0.1) is 0 Å². The van der Waals surface area contributed by atoms with E-state index in [1.807, 2.05) is 0 Å². The summed E-state index contributed by atoms with van der Waals surface area (Å²) in [6.45, 7) is 14.3. The van der Waals surface area contributed by atoms with Gasteiger partial charge in [-0.2, -0.15) is 0 Å². The largest absolute Gasteiger partial charge is 0.491 e. The van der Waals surface area contributed by atoms with Crippen molar-refractivity contribution in [1.82, 2.24) is 4.57 Å². The SMILES string of the molecule is COc1c(C(=O)OC(C)C)n([C@H]2C[C@@H]3C[C@@H]3C2O[Si](C)(C)C(C)(C)C)cc(C(=O)O)c1=O. The molecule has 2 fully saturated rings. The van der Waals surface area contributed by atoms with E-state index in [2.05, 4.69) is 33.9 Å². The number of hydrogen-bond donors (Lipinski definition) is 1. The summed E-state index contributed by atoms with van der Waals surface area (Å²) in [5, 5.41) is 9.64. The Balaban J connectivity index is 2.16. The predicted octanol–water partition coefficient (Wildman–Crippen LogP) is 4.09. The second kappa shape index (κ2) is 8.33. The summed E-state index contributed by atoms with van der Waals surface area (Å²) in [6.07, 6.45) is 2.50. The number of fused-ring (bicyclic) bond motifs is 1. The molecule has 2 aliphatic rings. The van der Waals surface area contributed by atoms with Gasteiger partial charge >= 0.3 is 11.9 Å². The van der Waals surface area contributed by atoms with Crippen molar-refractivity contribution in [2.24, 2.45) is 11.8 Å². The molecule has 4 atom stereocenters. The van der Waals surface area contributed by atoms with Gasteiger partial charge in [0.05, 0.1) is 25.4 Å². The molecule has 0 aromatic carbocycles. The topological polar surface area (TPSA) is 104 Å². The van der Waals surface area contributed by atoms with Gasteiger partial charge in [-0.3, -0.25) is 4.79 Å². The molecule has 8 nitrogen and oxygen atoms in total. The molecule has 9 heteroatoms. The van der Waals surface area contributed by atoms with Crippen molar-refractivity contribution in [3.05, 3.63) is 27.7 Å². The minimum atomic E-state index is -2.14. The number of carboxylic acids is 1. The van der Waals surface area contributed by atoms with Crippen LogP contribution in [0, 0.1) is 11.8 Å². The maximum Gasteiger partial charge on any atom is 0.359 e. The van der Waals surface area contributed by atoms with Gasteiger partial charge in [0.2, 0.25) is 5.43 Å². The number of nitrogens with zero attached hydrogens (tertiary/aromatic N) is 1. The number of pyridine rings is 1. The number of aromatic carboxylic acids is 1. The molecule has 1 aromatic rings. The van der Waals surface area contributed by atoms with Gasteiger partial charge < -0.3 is 23.6 Å². The molecular weight excluding hydrogens is 430 g/mol. The van der Waals surface area contributed by atoms with Crippen molar-refractivity contribution in [2.75, 3.05) is 7.11 Å². The number of carboxylic acid groups (broad SMARTS) is 1. The monoisotopic (exact) mass is 465 g/mol. The van der Waals surface area contributed by atoms with Crippen LogP contribution in [0.5, 0.6) is 5.75 Å². The lowest BCUT2D eigenvalue weighted by Crippen LogP contribution is -2.46. The molecular formula is C23H35NO7Si. The molecule has 0 radical (unpaired) electrons. The molecule has 1 unspecified atom stereocenters. The zero-order chi connectivity index (χ0) is 24.2. The fraction of sp³-hybridized carbons (Fsp3) is 0.696. The van der Waals surface area contributed by atoms with Crippen molar-refractivity contribution in [2.45, 2.75) is 83.8 Å². The van der Waals surface area contributed by atoms with Crippen LogP contribution in [0.2, 0.25) is 18.1 Å². The fourth-order valence-corrected chi connectivity index (χ4v) is 5.68. The van der Waals surface area contributed by atoms with Crippen molar-refractivity contribution in [3.8, 4) is 5.75 Å². The van der Waals surface area contributed by atoms with E-state index in [1.54, 1.807) is 18.4 Å². The summed E-state index contributed by atoms with van der Waals surface area (Å²) in [7, 11) is -0.879. The van der Waals surface area contributed by atoms with Gasteiger partial charge in [-0.25, -0.2) is 9.59 Å². The third-order valence-electron chi connectivity index (χ3n) is 7.08. The molecule has 1 heterocycles. The Hall–Kier alpha value is -2.13. The van der Waals surface area contributed by atoms with Crippen LogP contribution in [0.3, 0.4) is 0 Å².